The van der Waals surface area contributed by atoms with Gasteiger partial charge in [0.1, 0.15) is 0 Å². The molecule has 20 heavy (non-hydrogen) atoms. The van der Waals surface area contributed by atoms with Crippen molar-refractivity contribution in [2.75, 3.05) is 5.32 Å². The SMILES string of the molecule is Cc1cc(C)c(C(C)Nc2ccc(Cl)cc2I)c(C)n1. The number of benzene rings is 1. The molecule has 0 saturated carbocycles. The second-order valence-electron chi connectivity index (χ2n) is 5.07. The highest BCUT2D eigenvalue weighted by Crippen LogP contribution is 2.28. The summed E-state index contributed by atoms with van der Waals surface area (Å²) in [5.74, 6) is 0. The zero-order valence-corrected chi connectivity index (χ0v) is 15.0. The first-order valence-corrected chi connectivity index (χ1v) is 8.00. The Bertz CT molecular complexity index is 617. The molecule has 0 amide bonds. The van der Waals surface area contributed by atoms with Crippen molar-refractivity contribution in [1.29, 1.82) is 0 Å². The molecule has 0 aliphatic heterocycles. The van der Waals surface area contributed by atoms with Crippen molar-refractivity contribution in [1.82, 2.24) is 4.98 Å². The van der Waals surface area contributed by atoms with Crippen LogP contribution in [-0.2, 0) is 0 Å². The summed E-state index contributed by atoms with van der Waals surface area (Å²) in [5.41, 5.74) is 5.80. The third-order valence-electron chi connectivity index (χ3n) is 3.32. The Hall–Kier alpha value is -0.810. The molecule has 1 heterocycles. The molecule has 2 nitrogen and oxygen atoms in total. The van der Waals surface area contributed by atoms with E-state index in [0.717, 1.165) is 25.7 Å². The number of anilines is 1. The highest BCUT2D eigenvalue weighted by Gasteiger charge is 2.14. The maximum Gasteiger partial charge on any atom is 0.0506 e. The number of nitrogens with one attached hydrogen (secondary N) is 1. The molecule has 1 aromatic carbocycles. The average molecular weight is 401 g/mol. The number of aromatic nitrogens is 1. The number of rotatable bonds is 3. The van der Waals surface area contributed by atoms with Crippen LogP contribution >= 0.6 is 34.2 Å². The fourth-order valence-corrected chi connectivity index (χ4v) is 3.63. The normalized spacial score (nSPS) is 12.3. The Morgan fingerprint density at radius 3 is 2.50 bits per heavy atom. The van der Waals surface area contributed by atoms with Crippen molar-refractivity contribution >= 4 is 39.9 Å². The van der Waals surface area contributed by atoms with Gasteiger partial charge in [-0.1, -0.05) is 11.6 Å². The number of aryl methyl sites for hydroxylation is 3. The molecule has 0 aliphatic rings. The van der Waals surface area contributed by atoms with Crippen LogP contribution < -0.4 is 5.32 Å². The minimum atomic E-state index is 0.206. The zero-order chi connectivity index (χ0) is 14.9. The quantitative estimate of drug-likeness (QED) is 0.694. The maximum atomic E-state index is 6.00. The van der Waals surface area contributed by atoms with E-state index >= 15 is 0 Å². The summed E-state index contributed by atoms with van der Waals surface area (Å²) in [5, 5.41) is 4.31. The van der Waals surface area contributed by atoms with Gasteiger partial charge in [0.25, 0.3) is 0 Å². The van der Waals surface area contributed by atoms with Crippen molar-refractivity contribution in [2.24, 2.45) is 0 Å². The van der Waals surface area contributed by atoms with E-state index in [1.807, 2.05) is 25.1 Å². The van der Waals surface area contributed by atoms with Crippen LogP contribution in [0.4, 0.5) is 5.69 Å². The predicted octanol–water partition coefficient (Wildman–Crippen LogP) is 5.44. The number of hydrogen-bond acceptors (Lipinski definition) is 2. The molecular weight excluding hydrogens is 383 g/mol. The molecule has 0 saturated heterocycles. The molecular formula is C16H18ClIN2. The molecule has 106 valence electrons. The summed E-state index contributed by atoms with van der Waals surface area (Å²) in [7, 11) is 0. The topological polar surface area (TPSA) is 24.9 Å². The number of pyridine rings is 1. The largest absolute Gasteiger partial charge is 0.378 e. The van der Waals surface area contributed by atoms with E-state index in [-0.39, 0.29) is 6.04 Å². The molecule has 1 aromatic heterocycles. The third kappa shape index (κ3) is 3.44. The van der Waals surface area contributed by atoms with Crippen LogP contribution in [0.2, 0.25) is 5.02 Å². The van der Waals surface area contributed by atoms with Gasteiger partial charge in [-0.3, -0.25) is 4.98 Å². The molecule has 1 atom stereocenters. The summed E-state index contributed by atoms with van der Waals surface area (Å²) < 4.78 is 1.12. The van der Waals surface area contributed by atoms with Gasteiger partial charge in [-0.15, -0.1) is 0 Å². The van der Waals surface area contributed by atoms with Crippen molar-refractivity contribution in [3.05, 3.63) is 55.4 Å². The zero-order valence-electron chi connectivity index (χ0n) is 12.1. The lowest BCUT2D eigenvalue weighted by Gasteiger charge is -2.21. The van der Waals surface area contributed by atoms with Gasteiger partial charge in [0.05, 0.1) is 6.04 Å². The van der Waals surface area contributed by atoms with Gasteiger partial charge in [0.15, 0.2) is 0 Å². The third-order valence-corrected chi connectivity index (χ3v) is 4.45. The lowest BCUT2D eigenvalue weighted by atomic mass is 10.00. The van der Waals surface area contributed by atoms with Crippen molar-refractivity contribution in [2.45, 2.75) is 33.7 Å². The Morgan fingerprint density at radius 1 is 1.20 bits per heavy atom. The molecule has 1 unspecified atom stereocenters. The number of halogens is 2. The van der Waals surface area contributed by atoms with E-state index in [0.29, 0.717) is 0 Å². The summed E-state index contributed by atoms with van der Waals surface area (Å²) in [6.45, 7) is 8.41. The molecule has 4 heteroatoms. The van der Waals surface area contributed by atoms with E-state index in [1.165, 1.54) is 11.1 Å². The molecule has 2 aromatic rings. The second-order valence-corrected chi connectivity index (χ2v) is 6.67. The van der Waals surface area contributed by atoms with E-state index in [9.17, 15) is 0 Å². The molecule has 1 N–H and O–H groups in total. The van der Waals surface area contributed by atoms with Crippen LogP contribution in [0.5, 0.6) is 0 Å². The van der Waals surface area contributed by atoms with Gasteiger partial charge < -0.3 is 5.32 Å². The monoisotopic (exact) mass is 400 g/mol. The van der Waals surface area contributed by atoms with Crippen LogP contribution in [0.25, 0.3) is 0 Å². The highest BCUT2D eigenvalue weighted by atomic mass is 127. The van der Waals surface area contributed by atoms with Crippen molar-refractivity contribution in [3.63, 3.8) is 0 Å². The molecule has 0 fully saturated rings. The van der Waals surface area contributed by atoms with Crippen LogP contribution in [0.15, 0.2) is 24.3 Å². The maximum absolute atomic E-state index is 6.00. The average Bonchev–Trinajstić information content (AvgIpc) is 2.31. The summed E-state index contributed by atoms with van der Waals surface area (Å²) in [4.78, 5) is 4.57. The van der Waals surface area contributed by atoms with E-state index < -0.39 is 0 Å². The van der Waals surface area contributed by atoms with E-state index in [1.54, 1.807) is 0 Å². The van der Waals surface area contributed by atoms with Gasteiger partial charge >= 0.3 is 0 Å². The van der Waals surface area contributed by atoms with Crippen LogP contribution in [0.1, 0.15) is 35.5 Å². The van der Waals surface area contributed by atoms with Gasteiger partial charge in [0.2, 0.25) is 0 Å². The predicted molar refractivity (Wildman–Crippen MR) is 94.7 cm³/mol. The second kappa shape index (κ2) is 6.31. The first kappa shape index (κ1) is 15.6. The Kier molecular flexibility index (Phi) is 4.91. The smallest absolute Gasteiger partial charge is 0.0506 e. The first-order chi connectivity index (χ1) is 9.38. The van der Waals surface area contributed by atoms with Crippen LogP contribution in [-0.4, -0.2) is 4.98 Å². The molecule has 0 bridgehead atoms. The van der Waals surface area contributed by atoms with E-state index in [4.69, 9.17) is 11.6 Å². The standard InChI is InChI=1S/C16H18ClIN2/c1-9-7-10(2)19-11(3)16(9)12(4)20-15-6-5-13(17)8-14(15)18/h5-8,12,20H,1-4H3. The first-order valence-electron chi connectivity index (χ1n) is 6.55. The summed E-state index contributed by atoms with van der Waals surface area (Å²) >= 11 is 8.29. The van der Waals surface area contributed by atoms with Crippen molar-refractivity contribution < 1.29 is 0 Å². The lowest BCUT2D eigenvalue weighted by molar-refractivity contribution is 0.842. The molecule has 0 radical (unpaired) electrons. The number of nitrogens with zero attached hydrogens (tertiary/aromatic N) is 1. The Morgan fingerprint density at radius 2 is 1.90 bits per heavy atom. The van der Waals surface area contributed by atoms with Crippen molar-refractivity contribution in [3.8, 4) is 0 Å². The van der Waals surface area contributed by atoms with Gasteiger partial charge in [-0.05, 0) is 85.7 Å². The lowest BCUT2D eigenvalue weighted by Crippen LogP contribution is -2.12. The Balaban J connectivity index is 2.31. The van der Waals surface area contributed by atoms with Crippen LogP contribution in [0, 0.1) is 24.3 Å². The number of hydrogen-bond donors (Lipinski definition) is 1. The van der Waals surface area contributed by atoms with Crippen LogP contribution in [0.3, 0.4) is 0 Å². The van der Waals surface area contributed by atoms with Gasteiger partial charge in [-0.25, -0.2) is 0 Å². The van der Waals surface area contributed by atoms with E-state index in [2.05, 4.69) is 59.7 Å². The minimum Gasteiger partial charge on any atom is -0.378 e. The fraction of sp³-hybridized carbons (Fsp3) is 0.312. The highest BCUT2D eigenvalue weighted by molar-refractivity contribution is 14.1. The fourth-order valence-electron chi connectivity index (χ4n) is 2.60. The molecule has 2 rings (SSSR count). The Labute approximate surface area is 139 Å². The summed E-state index contributed by atoms with van der Waals surface area (Å²) in [6, 6.07) is 8.23. The summed E-state index contributed by atoms with van der Waals surface area (Å²) in [6.07, 6.45) is 0. The minimum absolute atomic E-state index is 0.206. The molecule has 0 aliphatic carbocycles. The van der Waals surface area contributed by atoms with Gasteiger partial charge in [-0.2, -0.15) is 0 Å². The molecule has 0 spiro atoms. The van der Waals surface area contributed by atoms with Gasteiger partial charge in [0, 0.05) is 25.7 Å².